The molecule has 0 bridgehead atoms. The number of hydrogen-bond donors (Lipinski definition) is 2. The van der Waals surface area contributed by atoms with Crippen LogP contribution < -0.4 is 19.5 Å². The van der Waals surface area contributed by atoms with Crippen molar-refractivity contribution in [3.63, 3.8) is 0 Å². The van der Waals surface area contributed by atoms with E-state index in [1.54, 1.807) is 12.1 Å². The topological polar surface area (TPSA) is 60.0 Å². The smallest absolute Gasteiger partial charge is 0.162 e. The van der Waals surface area contributed by atoms with E-state index in [1.165, 1.54) is 5.56 Å². The van der Waals surface area contributed by atoms with E-state index in [4.69, 9.17) is 37.4 Å². The van der Waals surface area contributed by atoms with E-state index in [-0.39, 0.29) is 24.8 Å². The van der Waals surface area contributed by atoms with Crippen LogP contribution in [0.15, 0.2) is 91.0 Å². The van der Waals surface area contributed by atoms with E-state index in [9.17, 15) is 5.11 Å². The average Bonchev–Trinajstić information content (AvgIpc) is 3.00. The quantitative estimate of drug-likeness (QED) is 0.191. The maximum atomic E-state index is 10.1. The Kier molecular flexibility index (Phi) is 9.50. The predicted molar refractivity (Wildman–Crippen MR) is 160 cm³/mol. The molecule has 0 fully saturated rings. The summed E-state index contributed by atoms with van der Waals surface area (Å²) >= 11 is 12.1. The highest BCUT2D eigenvalue weighted by atomic mass is 35.5. The number of aliphatic hydroxyl groups excluding tert-OH is 1. The molecule has 3 unspecified atom stereocenters. The molecule has 0 saturated heterocycles. The van der Waals surface area contributed by atoms with Crippen LogP contribution in [-0.4, -0.2) is 24.4 Å². The normalized spacial score (nSPS) is 15.8. The number of benzene rings is 4. The summed E-state index contributed by atoms with van der Waals surface area (Å²) in [6, 6.07) is 29.8. The molecule has 7 heteroatoms. The highest BCUT2D eigenvalue weighted by Crippen LogP contribution is 2.37. The van der Waals surface area contributed by atoms with Gasteiger partial charge < -0.3 is 24.6 Å². The van der Waals surface area contributed by atoms with Crippen LogP contribution in [0.5, 0.6) is 17.2 Å². The zero-order chi connectivity index (χ0) is 27.9. The summed E-state index contributed by atoms with van der Waals surface area (Å²) < 4.78 is 18.3. The molecular weight excluding hydrogens is 545 g/mol. The molecule has 4 aromatic carbocycles. The summed E-state index contributed by atoms with van der Waals surface area (Å²) in [5.41, 5.74) is 4.26. The second kappa shape index (κ2) is 13.4. The van der Waals surface area contributed by atoms with Crippen molar-refractivity contribution in [1.29, 1.82) is 0 Å². The van der Waals surface area contributed by atoms with Crippen LogP contribution in [0.25, 0.3) is 0 Å². The Balaban J connectivity index is 1.17. The first-order valence-electron chi connectivity index (χ1n) is 13.5. The van der Waals surface area contributed by atoms with Crippen molar-refractivity contribution < 1.29 is 19.3 Å². The van der Waals surface area contributed by atoms with Gasteiger partial charge in [0.15, 0.2) is 17.6 Å². The maximum Gasteiger partial charge on any atom is 0.162 e. The molecule has 3 atom stereocenters. The standard InChI is InChI=1S/C33H33Cl2NO4/c1-2-30(24-6-4-3-5-7-24)36-26(19-37)16-22-9-15-31-32(18-22)39-21-33(40-31)25-10-12-27(13-11-25)38-20-23-8-14-28(34)29(35)17-23/h3-15,17-18,26,30,33,36-37H,2,16,19-21H2,1H3. The fourth-order valence-corrected chi connectivity index (χ4v) is 5.18. The van der Waals surface area contributed by atoms with E-state index in [0.717, 1.165) is 34.6 Å². The van der Waals surface area contributed by atoms with Crippen molar-refractivity contribution in [1.82, 2.24) is 5.32 Å². The molecular formula is C33H33Cl2NO4. The maximum absolute atomic E-state index is 10.1. The minimum Gasteiger partial charge on any atom is -0.489 e. The Bertz CT molecular complexity index is 1400. The third-order valence-electron chi connectivity index (χ3n) is 7.06. The van der Waals surface area contributed by atoms with E-state index < -0.39 is 0 Å². The molecule has 0 amide bonds. The summed E-state index contributed by atoms with van der Waals surface area (Å²) in [6.07, 6.45) is 1.40. The first kappa shape index (κ1) is 28.3. The second-order valence-corrected chi connectivity index (χ2v) is 10.7. The van der Waals surface area contributed by atoms with E-state index in [2.05, 4.69) is 24.4 Å². The molecule has 4 aromatic rings. The Morgan fingerprint density at radius 2 is 1.68 bits per heavy atom. The lowest BCUT2D eigenvalue weighted by molar-refractivity contribution is 0.0910. The molecule has 0 saturated carbocycles. The van der Waals surface area contributed by atoms with Crippen LogP contribution >= 0.6 is 23.2 Å². The minimum atomic E-state index is -0.217. The molecule has 40 heavy (non-hydrogen) atoms. The van der Waals surface area contributed by atoms with E-state index in [1.807, 2.05) is 66.7 Å². The first-order valence-corrected chi connectivity index (χ1v) is 14.3. The number of rotatable bonds is 11. The fraction of sp³-hybridized carbons (Fsp3) is 0.273. The molecule has 1 aliphatic heterocycles. The molecule has 1 heterocycles. The lowest BCUT2D eigenvalue weighted by Crippen LogP contribution is -2.37. The molecule has 5 nitrogen and oxygen atoms in total. The number of fused-ring (bicyclic) bond motifs is 1. The Labute approximate surface area is 245 Å². The third-order valence-corrected chi connectivity index (χ3v) is 7.80. The van der Waals surface area contributed by atoms with Crippen LogP contribution in [0.1, 0.15) is 47.7 Å². The summed E-state index contributed by atoms with van der Waals surface area (Å²) in [4.78, 5) is 0. The first-order chi connectivity index (χ1) is 19.5. The fourth-order valence-electron chi connectivity index (χ4n) is 4.86. The van der Waals surface area contributed by atoms with Crippen LogP contribution in [0.4, 0.5) is 0 Å². The van der Waals surface area contributed by atoms with Crippen LogP contribution in [-0.2, 0) is 13.0 Å². The van der Waals surface area contributed by atoms with Crippen molar-refractivity contribution in [3.8, 4) is 17.2 Å². The van der Waals surface area contributed by atoms with Gasteiger partial charge in [0.25, 0.3) is 0 Å². The van der Waals surface area contributed by atoms with Crippen molar-refractivity contribution >= 4 is 23.2 Å². The number of ether oxygens (including phenoxy) is 3. The SMILES string of the molecule is CCC(NC(CO)Cc1ccc2c(c1)OCC(c1ccc(OCc3ccc(Cl)c(Cl)c3)cc1)O2)c1ccccc1. The predicted octanol–water partition coefficient (Wildman–Crippen LogP) is 7.73. The van der Waals surface area contributed by atoms with E-state index in [0.29, 0.717) is 35.4 Å². The monoisotopic (exact) mass is 577 g/mol. The molecule has 0 aromatic heterocycles. The van der Waals surface area contributed by atoms with Gasteiger partial charge in [-0.2, -0.15) is 0 Å². The molecule has 2 N–H and O–H groups in total. The summed E-state index contributed by atoms with van der Waals surface area (Å²) in [5, 5.41) is 14.7. The van der Waals surface area contributed by atoms with Gasteiger partial charge >= 0.3 is 0 Å². The van der Waals surface area contributed by atoms with Crippen LogP contribution in [0.2, 0.25) is 10.0 Å². The van der Waals surface area contributed by atoms with Crippen LogP contribution in [0.3, 0.4) is 0 Å². The lowest BCUT2D eigenvalue weighted by Gasteiger charge is -2.28. The largest absolute Gasteiger partial charge is 0.489 e. The Hall–Kier alpha value is -3.22. The van der Waals surface area contributed by atoms with Crippen molar-refractivity contribution in [3.05, 3.63) is 123 Å². The van der Waals surface area contributed by atoms with Crippen LogP contribution in [0, 0.1) is 0 Å². The van der Waals surface area contributed by atoms with Crippen molar-refractivity contribution in [2.45, 2.75) is 44.6 Å². The molecule has 5 rings (SSSR count). The number of aliphatic hydroxyl groups is 1. The zero-order valence-corrected chi connectivity index (χ0v) is 23.9. The van der Waals surface area contributed by atoms with Gasteiger partial charge in [-0.25, -0.2) is 0 Å². The minimum absolute atomic E-state index is 0.0486. The summed E-state index contributed by atoms with van der Waals surface area (Å²) in [7, 11) is 0. The van der Waals surface area contributed by atoms with Crippen molar-refractivity contribution in [2.75, 3.05) is 13.2 Å². The average molecular weight is 579 g/mol. The van der Waals surface area contributed by atoms with Gasteiger partial charge in [-0.15, -0.1) is 0 Å². The number of nitrogens with one attached hydrogen (secondary N) is 1. The molecule has 1 aliphatic rings. The van der Waals surface area contributed by atoms with Gasteiger partial charge in [-0.1, -0.05) is 84.7 Å². The highest BCUT2D eigenvalue weighted by molar-refractivity contribution is 6.42. The number of halogens is 2. The van der Waals surface area contributed by atoms with Gasteiger partial charge in [-0.3, -0.25) is 0 Å². The lowest BCUT2D eigenvalue weighted by atomic mass is 10.0. The second-order valence-electron chi connectivity index (χ2n) is 9.93. The number of hydrogen-bond acceptors (Lipinski definition) is 5. The molecule has 208 valence electrons. The van der Waals surface area contributed by atoms with Gasteiger partial charge in [0.05, 0.1) is 16.7 Å². The zero-order valence-electron chi connectivity index (χ0n) is 22.4. The van der Waals surface area contributed by atoms with Gasteiger partial charge in [0.1, 0.15) is 19.0 Å². The molecule has 0 radical (unpaired) electrons. The Morgan fingerprint density at radius 1 is 0.900 bits per heavy atom. The Morgan fingerprint density at radius 3 is 2.40 bits per heavy atom. The molecule has 0 spiro atoms. The third kappa shape index (κ3) is 7.10. The summed E-state index contributed by atoms with van der Waals surface area (Å²) in [6.45, 7) is 3.01. The molecule has 0 aliphatic carbocycles. The summed E-state index contributed by atoms with van der Waals surface area (Å²) in [5.74, 6) is 2.19. The van der Waals surface area contributed by atoms with Gasteiger partial charge in [-0.05, 0) is 71.5 Å². The van der Waals surface area contributed by atoms with Crippen molar-refractivity contribution in [2.24, 2.45) is 0 Å². The van der Waals surface area contributed by atoms with Gasteiger partial charge in [0, 0.05) is 12.1 Å². The van der Waals surface area contributed by atoms with Gasteiger partial charge in [0.2, 0.25) is 0 Å². The highest BCUT2D eigenvalue weighted by Gasteiger charge is 2.24. The van der Waals surface area contributed by atoms with E-state index >= 15 is 0 Å².